The highest BCUT2D eigenvalue weighted by Gasteiger charge is 2.38. The average Bonchev–Trinajstić information content (AvgIpc) is 2.60. The normalized spacial score (nSPS) is 22.1. The molecule has 0 bridgehead atoms. The van der Waals surface area contributed by atoms with Gasteiger partial charge in [-0.2, -0.15) is 0 Å². The van der Waals surface area contributed by atoms with Crippen LogP contribution in [-0.2, 0) is 4.74 Å². The minimum absolute atomic E-state index is 0.0914. The molecular weight excluding hydrogens is 237 g/mol. The van der Waals surface area contributed by atoms with Gasteiger partial charge < -0.3 is 15.6 Å². The molecule has 1 aliphatic rings. The van der Waals surface area contributed by atoms with Crippen molar-refractivity contribution in [3.8, 4) is 0 Å². The monoisotopic (exact) mass is 253 g/mol. The second-order valence-electron chi connectivity index (χ2n) is 5.05. The van der Waals surface area contributed by atoms with E-state index in [-0.39, 0.29) is 17.2 Å². The number of carboxylic acids is 1. The van der Waals surface area contributed by atoms with E-state index in [2.05, 4.69) is 0 Å². The molecule has 18 heavy (non-hydrogen) atoms. The molecule has 0 saturated carbocycles. The van der Waals surface area contributed by atoms with Crippen LogP contribution < -0.4 is 5.73 Å². The Balaban J connectivity index is 2.54. The first-order chi connectivity index (χ1) is 8.33. The third-order valence-corrected chi connectivity index (χ3v) is 3.50. The van der Waals surface area contributed by atoms with Gasteiger partial charge in [0.1, 0.15) is 5.82 Å². The Bertz CT molecular complexity index is 499. The Labute approximate surface area is 105 Å². The predicted octanol–water partition coefficient (Wildman–Crippen LogP) is 2.39. The summed E-state index contributed by atoms with van der Waals surface area (Å²) in [5.74, 6) is -1.89. The minimum Gasteiger partial charge on any atom is -0.478 e. The molecule has 0 amide bonds. The van der Waals surface area contributed by atoms with Gasteiger partial charge in [-0.25, -0.2) is 9.18 Å². The molecule has 1 unspecified atom stereocenters. The van der Waals surface area contributed by atoms with E-state index in [1.165, 1.54) is 6.07 Å². The lowest BCUT2D eigenvalue weighted by molar-refractivity contribution is 0.0271. The lowest BCUT2D eigenvalue weighted by Crippen LogP contribution is -2.26. The second-order valence-corrected chi connectivity index (χ2v) is 5.05. The van der Waals surface area contributed by atoms with Crippen LogP contribution in [0.5, 0.6) is 0 Å². The largest absolute Gasteiger partial charge is 0.478 e. The van der Waals surface area contributed by atoms with Gasteiger partial charge in [0.05, 0.1) is 11.2 Å². The van der Waals surface area contributed by atoms with Crippen LogP contribution >= 0.6 is 0 Å². The molecule has 1 aromatic carbocycles. The van der Waals surface area contributed by atoms with E-state index >= 15 is 0 Å². The van der Waals surface area contributed by atoms with Crippen molar-refractivity contribution < 1.29 is 19.0 Å². The molecule has 0 spiro atoms. The summed E-state index contributed by atoms with van der Waals surface area (Å²) in [6, 6.07) is 2.26. The molecule has 1 heterocycles. The Morgan fingerprint density at radius 2 is 2.22 bits per heavy atom. The molecule has 0 aromatic heterocycles. The third-order valence-electron chi connectivity index (χ3n) is 3.50. The van der Waals surface area contributed by atoms with E-state index in [0.717, 1.165) is 6.07 Å². The highest BCUT2D eigenvalue weighted by molar-refractivity contribution is 5.94. The Kier molecular flexibility index (Phi) is 3.02. The summed E-state index contributed by atoms with van der Waals surface area (Å²) in [7, 11) is 0. The highest BCUT2D eigenvalue weighted by Crippen LogP contribution is 2.42. The molecule has 98 valence electrons. The summed E-state index contributed by atoms with van der Waals surface area (Å²) >= 11 is 0. The first-order valence-corrected chi connectivity index (χ1v) is 5.79. The molecule has 0 aliphatic carbocycles. The standard InChI is InChI=1S/C13H16FNO3/c1-13(2)10(3-4-18-13)8-5-7(14)6-9(11(8)15)12(16)17/h5-6,10H,3-4,15H2,1-2H3,(H,16,17). The van der Waals surface area contributed by atoms with Crippen molar-refractivity contribution in [3.05, 3.63) is 29.1 Å². The van der Waals surface area contributed by atoms with Crippen LogP contribution in [0, 0.1) is 5.82 Å². The fourth-order valence-corrected chi connectivity index (χ4v) is 2.52. The molecule has 1 saturated heterocycles. The van der Waals surface area contributed by atoms with Gasteiger partial charge in [-0.1, -0.05) is 0 Å². The van der Waals surface area contributed by atoms with Gasteiger partial charge in [-0.15, -0.1) is 0 Å². The number of nitrogens with two attached hydrogens (primary N) is 1. The molecule has 1 atom stereocenters. The fraction of sp³-hybridized carbons (Fsp3) is 0.462. The van der Waals surface area contributed by atoms with Gasteiger partial charge in [0.2, 0.25) is 0 Å². The van der Waals surface area contributed by atoms with Crippen LogP contribution in [0.25, 0.3) is 0 Å². The minimum atomic E-state index is -1.22. The summed E-state index contributed by atoms with van der Waals surface area (Å²) in [4.78, 5) is 11.0. The van der Waals surface area contributed by atoms with Crippen molar-refractivity contribution in [3.63, 3.8) is 0 Å². The maximum Gasteiger partial charge on any atom is 0.337 e. The number of ether oxygens (including phenoxy) is 1. The topological polar surface area (TPSA) is 72.5 Å². The summed E-state index contributed by atoms with van der Waals surface area (Å²) < 4.78 is 19.1. The van der Waals surface area contributed by atoms with E-state index in [0.29, 0.717) is 18.6 Å². The Hall–Kier alpha value is -1.62. The van der Waals surface area contributed by atoms with Crippen LogP contribution in [0.1, 0.15) is 42.1 Å². The van der Waals surface area contributed by atoms with E-state index in [1.807, 2.05) is 13.8 Å². The molecule has 1 fully saturated rings. The van der Waals surface area contributed by atoms with Crippen molar-refractivity contribution in [2.24, 2.45) is 0 Å². The van der Waals surface area contributed by atoms with Crippen LogP contribution in [0.4, 0.5) is 10.1 Å². The predicted molar refractivity (Wildman–Crippen MR) is 65.2 cm³/mol. The number of carboxylic acid groups (broad SMARTS) is 1. The van der Waals surface area contributed by atoms with Crippen LogP contribution in [0.15, 0.2) is 12.1 Å². The van der Waals surface area contributed by atoms with Gasteiger partial charge >= 0.3 is 5.97 Å². The van der Waals surface area contributed by atoms with Crippen molar-refractivity contribution in [1.82, 2.24) is 0 Å². The van der Waals surface area contributed by atoms with Gasteiger partial charge in [0.15, 0.2) is 0 Å². The summed E-state index contributed by atoms with van der Waals surface area (Å²) in [6.07, 6.45) is 0.708. The molecule has 0 radical (unpaired) electrons. The molecule has 2 rings (SSSR count). The lowest BCUT2D eigenvalue weighted by Gasteiger charge is -2.27. The molecular formula is C13H16FNO3. The zero-order chi connectivity index (χ0) is 13.5. The molecule has 1 aromatic rings. The maximum atomic E-state index is 13.5. The van der Waals surface area contributed by atoms with Crippen LogP contribution in [0.3, 0.4) is 0 Å². The zero-order valence-electron chi connectivity index (χ0n) is 10.4. The molecule has 5 heteroatoms. The van der Waals surface area contributed by atoms with Gasteiger partial charge in [-0.3, -0.25) is 0 Å². The smallest absolute Gasteiger partial charge is 0.337 e. The number of benzene rings is 1. The van der Waals surface area contributed by atoms with Gasteiger partial charge in [-0.05, 0) is 38.0 Å². The number of nitrogen functional groups attached to an aromatic ring is 1. The number of anilines is 1. The van der Waals surface area contributed by atoms with Gasteiger partial charge in [0.25, 0.3) is 0 Å². The van der Waals surface area contributed by atoms with E-state index < -0.39 is 17.4 Å². The van der Waals surface area contributed by atoms with E-state index in [9.17, 15) is 9.18 Å². The quantitative estimate of drug-likeness (QED) is 0.794. The molecule has 4 nitrogen and oxygen atoms in total. The summed E-state index contributed by atoms with van der Waals surface area (Å²) in [5.41, 5.74) is 5.86. The van der Waals surface area contributed by atoms with Crippen molar-refractivity contribution in [2.75, 3.05) is 12.3 Å². The van der Waals surface area contributed by atoms with Crippen LogP contribution in [0.2, 0.25) is 0 Å². The maximum absolute atomic E-state index is 13.5. The highest BCUT2D eigenvalue weighted by atomic mass is 19.1. The SMILES string of the molecule is CC1(C)OCCC1c1cc(F)cc(C(=O)O)c1N. The third kappa shape index (κ3) is 2.06. The zero-order valence-corrected chi connectivity index (χ0v) is 10.4. The number of aromatic carboxylic acids is 1. The van der Waals surface area contributed by atoms with Crippen molar-refractivity contribution in [1.29, 1.82) is 0 Å². The number of hydrogen-bond donors (Lipinski definition) is 2. The Morgan fingerprint density at radius 1 is 1.56 bits per heavy atom. The van der Waals surface area contributed by atoms with Crippen molar-refractivity contribution in [2.45, 2.75) is 31.8 Å². The van der Waals surface area contributed by atoms with Crippen LogP contribution in [-0.4, -0.2) is 23.3 Å². The first-order valence-electron chi connectivity index (χ1n) is 5.79. The fourth-order valence-electron chi connectivity index (χ4n) is 2.52. The summed E-state index contributed by atoms with van der Waals surface area (Å²) in [5, 5.41) is 9.01. The number of hydrogen-bond acceptors (Lipinski definition) is 3. The molecule has 1 aliphatic heterocycles. The van der Waals surface area contributed by atoms with E-state index in [1.54, 1.807) is 0 Å². The summed E-state index contributed by atoms with van der Waals surface area (Å²) in [6.45, 7) is 4.36. The Morgan fingerprint density at radius 3 is 2.72 bits per heavy atom. The lowest BCUT2D eigenvalue weighted by atomic mass is 9.83. The first kappa shape index (κ1) is 12.8. The van der Waals surface area contributed by atoms with Crippen molar-refractivity contribution >= 4 is 11.7 Å². The molecule has 3 N–H and O–H groups in total. The average molecular weight is 253 g/mol. The van der Waals surface area contributed by atoms with Gasteiger partial charge in [0, 0.05) is 18.2 Å². The van der Waals surface area contributed by atoms with E-state index in [4.69, 9.17) is 15.6 Å². The number of rotatable bonds is 2. The number of carbonyl (C=O) groups is 1. The second kappa shape index (κ2) is 4.24. The number of halogens is 1.